The van der Waals surface area contributed by atoms with Gasteiger partial charge < -0.3 is 5.32 Å². The number of aryl methyl sites for hydroxylation is 1. The monoisotopic (exact) mass is 333 g/mol. The van der Waals surface area contributed by atoms with Crippen molar-refractivity contribution in [3.63, 3.8) is 0 Å². The van der Waals surface area contributed by atoms with Crippen LogP contribution in [-0.4, -0.2) is 6.54 Å². The van der Waals surface area contributed by atoms with Gasteiger partial charge in [0, 0.05) is 10.5 Å². The van der Waals surface area contributed by atoms with Crippen LogP contribution in [0.3, 0.4) is 0 Å². The van der Waals surface area contributed by atoms with Gasteiger partial charge in [-0.1, -0.05) is 34.1 Å². The average Bonchev–Trinajstić information content (AvgIpc) is 2.83. The van der Waals surface area contributed by atoms with E-state index in [0.29, 0.717) is 6.04 Å². The first-order valence-corrected chi connectivity index (χ1v) is 7.78. The summed E-state index contributed by atoms with van der Waals surface area (Å²) in [5.74, 6) is -0.169. The summed E-state index contributed by atoms with van der Waals surface area (Å²) in [6.45, 7) is 0.922. The molecule has 2 aromatic carbocycles. The van der Waals surface area contributed by atoms with Gasteiger partial charge in [0.25, 0.3) is 0 Å². The first kappa shape index (κ1) is 13.8. The molecule has 0 amide bonds. The Balaban J connectivity index is 1.57. The molecule has 1 nitrogen and oxygen atoms in total. The Hall–Kier alpha value is -1.19. The minimum atomic E-state index is -0.169. The molecule has 1 aliphatic rings. The average molecular weight is 334 g/mol. The molecule has 104 valence electrons. The minimum absolute atomic E-state index is 0.169. The summed E-state index contributed by atoms with van der Waals surface area (Å²) in [7, 11) is 0. The van der Waals surface area contributed by atoms with E-state index < -0.39 is 0 Å². The van der Waals surface area contributed by atoms with Gasteiger partial charge in [0.15, 0.2) is 0 Å². The topological polar surface area (TPSA) is 12.0 Å². The number of nitrogens with one attached hydrogen (secondary N) is 1. The van der Waals surface area contributed by atoms with Crippen LogP contribution >= 0.6 is 15.9 Å². The summed E-state index contributed by atoms with van der Waals surface area (Å²) in [5.41, 5.74) is 4.04. The van der Waals surface area contributed by atoms with E-state index in [4.69, 9.17) is 0 Å². The van der Waals surface area contributed by atoms with E-state index >= 15 is 0 Å². The van der Waals surface area contributed by atoms with Crippen molar-refractivity contribution >= 4 is 15.9 Å². The van der Waals surface area contributed by atoms with E-state index in [1.165, 1.54) is 28.8 Å². The first-order valence-electron chi connectivity index (χ1n) is 6.98. The van der Waals surface area contributed by atoms with E-state index in [-0.39, 0.29) is 5.82 Å². The van der Waals surface area contributed by atoms with E-state index in [1.807, 2.05) is 12.1 Å². The maximum absolute atomic E-state index is 12.8. The summed E-state index contributed by atoms with van der Waals surface area (Å²) < 4.78 is 14.0. The Labute approximate surface area is 127 Å². The van der Waals surface area contributed by atoms with Gasteiger partial charge >= 0.3 is 0 Å². The molecule has 20 heavy (non-hydrogen) atoms. The van der Waals surface area contributed by atoms with Crippen molar-refractivity contribution in [1.82, 2.24) is 5.32 Å². The molecule has 3 rings (SSSR count). The third-order valence-electron chi connectivity index (χ3n) is 3.90. The van der Waals surface area contributed by atoms with Crippen LogP contribution in [0.4, 0.5) is 4.39 Å². The molecule has 0 saturated heterocycles. The van der Waals surface area contributed by atoms with Crippen LogP contribution in [-0.2, 0) is 12.8 Å². The largest absolute Gasteiger partial charge is 0.310 e. The highest BCUT2D eigenvalue weighted by molar-refractivity contribution is 9.10. The van der Waals surface area contributed by atoms with Crippen molar-refractivity contribution < 1.29 is 4.39 Å². The predicted octanol–water partition coefficient (Wildman–Crippen LogP) is 4.41. The lowest BCUT2D eigenvalue weighted by molar-refractivity contribution is 0.533. The summed E-state index contributed by atoms with van der Waals surface area (Å²) >= 11 is 3.52. The van der Waals surface area contributed by atoms with Gasteiger partial charge in [0.1, 0.15) is 5.82 Å². The molecule has 0 aromatic heterocycles. The minimum Gasteiger partial charge on any atom is -0.310 e. The maximum Gasteiger partial charge on any atom is 0.123 e. The molecule has 0 radical (unpaired) electrons. The van der Waals surface area contributed by atoms with Crippen molar-refractivity contribution in [3.8, 4) is 0 Å². The van der Waals surface area contributed by atoms with Crippen molar-refractivity contribution in [2.45, 2.75) is 25.3 Å². The number of hydrogen-bond acceptors (Lipinski definition) is 1. The van der Waals surface area contributed by atoms with Gasteiger partial charge in [-0.2, -0.15) is 0 Å². The van der Waals surface area contributed by atoms with E-state index in [2.05, 4.69) is 39.4 Å². The molecular weight excluding hydrogens is 317 g/mol. The second kappa shape index (κ2) is 6.06. The molecule has 0 bridgehead atoms. The molecule has 0 fully saturated rings. The lowest BCUT2D eigenvalue weighted by atomic mass is 10.1. The quantitative estimate of drug-likeness (QED) is 0.873. The lowest BCUT2D eigenvalue weighted by Gasteiger charge is -2.14. The molecule has 1 unspecified atom stereocenters. The summed E-state index contributed by atoms with van der Waals surface area (Å²) in [6.07, 6.45) is 3.24. The summed E-state index contributed by atoms with van der Waals surface area (Å²) in [5, 5.41) is 3.61. The van der Waals surface area contributed by atoms with Crippen molar-refractivity contribution in [2.24, 2.45) is 0 Å². The molecule has 1 N–H and O–H groups in total. The Morgan fingerprint density at radius 2 is 1.95 bits per heavy atom. The van der Waals surface area contributed by atoms with Crippen LogP contribution in [0.1, 0.15) is 29.2 Å². The molecule has 0 heterocycles. The Kier molecular flexibility index (Phi) is 4.18. The zero-order chi connectivity index (χ0) is 13.9. The highest BCUT2D eigenvalue weighted by Gasteiger charge is 2.21. The van der Waals surface area contributed by atoms with E-state index in [1.54, 1.807) is 0 Å². The first-order chi connectivity index (χ1) is 9.72. The molecule has 3 heteroatoms. The van der Waals surface area contributed by atoms with Crippen molar-refractivity contribution in [3.05, 3.63) is 69.4 Å². The third-order valence-corrected chi connectivity index (χ3v) is 4.39. The van der Waals surface area contributed by atoms with Crippen LogP contribution < -0.4 is 5.32 Å². The molecule has 0 aliphatic heterocycles. The Morgan fingerprint density at radius 1 is 1.15 bits per heavy atom. The number of hydrogen-bond donors (Lipinski definition) is 1. The van der Waals surface area contributed by atoms with Gasteiger partial charge in [-0.15, -0.1) is 0 Å². The fourth-order valence-corrected chi connectivity index (χ4v) is 3.25. The molecule has 0 spiro atoms. The third kappa shape index (κ3) is 3.10. The number of benzene rings is 2. The van der Waals surface area contributed by atoms with Crippen molar-refractivity contribution in [1.29, 1.82) is 0 Å². The van der Waals surface area contributed by atoms with Gasteiger partial charge in [-0.25, -0.2) is 4.39 Å². The van der Waals surface area contributed by atoms with Crippen molar-refractivity contribution in [2.75, 3.05) is 6.54 Å². The molecular formula is C17H17BrFN. The molecule has 0 saturated carbocycles. The number of fused-ring (bicyclic) bond motifs is 1. The van der Waals surface area contributed by atoms with Gasteiger partial charge in [-0.3, -0.25) is 0 Å². The highest BCUT2D eigenvalue weighted by atomic mass is 79.9. The highest BCUT2D eigenvalue weighted by Crippen LogP contribution is 2.32. The van der Waals surface area contributed by atoms with E-state index in [0.717, 1.165) is 30.3 Å². The normalized spacial score (nSPS) is 17.2. The maximum atomic E-state index is 12.8. The zero-order valence-electron chi connectivity index (χ0n) is 11.2. The Morgan fingerprint density at radius 3 is 2.75 bits per heavy atom. The fraction of sp³-hybridized carbons (Fsp3) is 0.294. The lowest BCUT2D eigenvalue weighted by Crippen LogP contribution is -2.21. The smallest absolute Gasteiger partial charge is 0.123 e. The zero-order valence-corrected chi connectivity index (χ0v) is 12.8. The van der Waals surface area contributed by atoms with Gasteiger partial charge in [0.2, 0.25) is 0 Å². The van der Waals surface area contributed by atoms with Crippen LogP contribution in [0, 0.1) is 5.82 Å². The van der Waals surface area contributed by atoms with Crippen LogP contribution in [0.15, 0.2) is 46.9 Å². The number of rotatable bonds is 4. The second-order valence-corrected chi connectivity index (χ2v) is 6.18. The predicted molar refractivity (Wildman–Crippen MR) is 83.3 cm³/mol. The molecule has 2 aromatic rings. The summed E-state index contributed by atoms with van der Waals surface area (Å²) in [6, 6.07) is 13.8. The standard InChI is InChI=1S/C17H17BrFN/c18-14-4-7-16-13(11-14)3-8-17(16)20-10-9-12-1-5-15(19)6-2-12/h1-2,4-7,11,17,20H,3,8-10H2. The Bertz CT molecular complexity index is 594. The fourth-order valence-electron chi connectivity index (χ4n) is 2.84. The number of halogens is 2. The van der Waals surface area contributed by atoms with Gasteiger partial charge in [0.05, 0.1) is 0 Å². The van der Waals surface area contributed by atoms with Crippen LogP contribution in [0.25, 0.3) is 0 Å². The van der Waals surface area contributed by atoms with E-state index in [9.17, 15) is 4.39 Å². The summed E-state index contributed by atoms with van der Waals surface area (Å²) in [4.78, 5) is 0. The SMILES string of the molecule is Fc1ccc(CCNC2CCc3cc(Br)ccc32)cc1. The second-order valence-electron chi connectivity index (χ2n) is 5.26. The van der Waals surface area contributed by atoms with Crippen LogP contribution in [0.5, 0.6) is 0 Å². The van der Waals surface area contributed by atoms with Gasteiger partial charge in [-0.05, 0) is 66.8 Å². The molecule has 1 atom stereocenters. The molecule has 1 aliphatic carbocycles. The van der Waals surface area contributed by atoms with Crippen LogP contribution in [0.2, 0.25) is 0 Å².